The van der Waals surface area contributed by atoms with E-state index < -0.39 is 4.92 Å². The van der Waals surface area contributed by atoms with Crippen LogP contribution in [0.5, 0.6) is 0 Å². The number of nitro benzene ring substituents is 1. The van der Waals surface area contributed by atoms with Crippen LogP contribution in [0.1, 0.15) is 10.4 Å². The number of likely N-dealkylation sites (tertiary alicyclic amines) is 1. The van der Waals surface area contributed by atoms with Gasteiger partial charge in [-0.1, -0.05) is 11.6 Å². The molecule has 7 heteroatoms. The second kappa shape index (κ2) is 5.03. The number of rotatable bonds is 2. The van der Waals surface area contributed by atoms with E-state index in [0.29, 0.717) is 29.9 Å². The third kappa shape index (κ3) is 2.25. The summed E-state index contributed by atoms with van der Waals surface area (Å²) in [4.78, 5) is 24.7. The summed E-state index contributed by atoms with van der Waals surface area (Å²) >= 11 is 5.86. The zero-order valence-corrected chi connectivity index (χ0v) is 11.5. The molecule has 0 spiro atoms. The van der Waals surface area contributed by atoms with E-state index in [1.54, 1.807) is 4.90 Å². The maximum Gasteiger partial charge on any atom is 0.282 e. The first kappa shape index (κ1) is 13.3. The molecule has 1 amide bonds. The number of nitrogens with one attached hydrogen (secondary N) is 1. The van der Waals surface area contributed by atoms with Gasteiger partial charge in [-0.15, -0.1) is 0 Å². The van der Waals surface area contributed by atoms with E-state index in [4.69, 9.17) is 11.6 Å². The van der Waals surface area contributed by atoms with Crippen LogP contribution in [-0.4, -0.2) is 41.9 Å². The Morgan fingerprint density at radius 3 is 2.60 bits per heavy atom. The molecule has 0 aromatic heterocycles. The Kier molecular flexibility index (Phi) is 3.35. The SMILES string of the molecule is O=C(c1cc(Cl)ccc1[N+](=O)[O-])N1C[C@H]2CNC[C@H]2C1. The van der Waals surface area contributed by atoms with Crippen LogP contribution in [-0.2, 0) is 0 Å². The number of carbonyl (C=O) groups is 1. The van der Waals surface area contributed by atoms with Gasteiger partial charge in [-0.2, -0.15) is 0 Å². The van der Waals surface area contributed by atoms with Gasteiger partial charge in [0.05, 0.1) is 4.92 Å². The minimum atomic E-state index is -0.540. The molecule has 20 heavy (non-hydrogen) atoms. The predicted molar refractivity (Wildman–Crippen MR) is 73.9 cm³/mol. The van der Waals surface area contributed by atoms with E-state index in [1.165, 1.54) is 18.2 Å². The van der Waals surface area contributed by atoms with E-state index in [-0.39, 0.29) is 17.2 Å². The van der Waals surface area contributed by atoms with Gasteiger partial charge in [0.25, 0.3) is 11.6 Å². The average molecular weight is 296 g/mol. The second-order valence-corrected chi connectivity index (χ2v) is 5.74. The Balaban J connectivity index is 1.87. The molecule has 0 saturated carbocycles. The number of benzene rings is 1. The van der Waals surface area contributed by atoms with Crippen LogP contribution in [0.15, 0.2) is 18.2 Å². The molecule has 1 aromatic rings. The maximum absolute atomic E-state index is 12.5. The molecule has 0 bridgehead atoms. The van der Waals surface area contributed by atoms with E-state index in [1.807, 2.05) is 0 Å². The van der Waals surface area contributed by atoms with Crippen molar-refractivity contribution >= 4 is 23.2 Å². The Bertz CT molecular complexity index is 566. The van der Waals surface area contributed by atoms with Crippen molar-refractivity contribution in [3.8, 4) is 0 Å². The molecule has 2 aliphatic rings. The Hall–Kier alpha value is -1.66. The van der Waals surface area contributed by atoms with Crippen LogP contribution in [0, 0.1) is 22.0 Å². The highest BCUT2D eigenvalue weighted by atomic mass is 35.5. The molecule has 0 radical (unpaired) electrons. The predicted octanol–water partition coefficient (Wildman–Crippen LogP) is 1.54. The van der Waals surface area contributed by atoms with Crippen LogP contribution < -0.4 is 5.32 Å². The Morgan fingerprint density at radius 2 is 2.00 bits per heavy atom. The first-order chi connectivity index (χ1) is 9.56. The quantitative estimate of drug-likeness (QED) is 0.663. The lowest BCUT2D eigenvalue weighted by atomic mass is 10.0. The standard InChI is InChI=1S/C13H14ClN3O3/c14-10-1-2-12(17(19)20)11(3-10)13(18)16-6-8-4-15-5-9(8)7-16/h1-3,8-9,15H,4-7H2/t8-,9+. The van der Waals surface area contributed by atoms with Gasteiger partial charge in [0, 0.05) is 37.3 Å². The van der Waals surface area contributed by atoms with Gasteiger partial charge < -0.3 is 10.2 Å². The largest absolute Gasteiger partial charge is 0.338 e. The summed E-state index contributed by atoms with van der Waals surface area (Å²) in [5.74, 6) is 0.614. The molecule has 106 valence electrons. The summed E-state index contributed by atoms with van der Waals surface area (Å²) in [5, 5.41) is 14.7. The summed E-state index contributed by atoms with van der Waals surface area (Å²) in [7, 11) is 0. The van der Waals surface area contributed by atoms with Crippen LogP contribution in [0.4, 0.5) is 5.69 Å². The average Bonchev–Trinajstić information content (AvgIpc) is 2.97. The molecular weight excluding hydrogens is 282 g/mol. The number of fused-ring (bicyclic) bond motifs is 1. The highest BCUT2D eigenvalue weighted by Crippen LogP contribution is 2.30. The first-order valence-electron chi connectivity index (χ1n) is 6.50. The lowest BCUT2D eigenvalue weighted by molar-refractivity contribution is -0.385. The highest BCUT2D eigenvalue weighted by molar-refractivity contribution is 6.31. The smallest absolute Gasteiger partial charge is 0.282 e. The molecule has 0 unspecified atom stereocenters. The first-order valence-corrected chi connectivity index (χ1v) is 6.88. The van der Waals surface area contributed by atoms with Crippen molar-refractivity contribution in [2.24, 2.45) is 11.8 Å². The number of amides is 1. The van der Waals surface area contributed by atoms with Crippen molar-refractivity contribution in [3.63, 3.8) is 0 Å². The van der Waals surface area contributed by atoms with Crippen molar-refractivity contribution in [2.45, 2.75) is 0 Å². The zero-order chi connectivity index (χ0) is 14.3. The highest BCUT2D eigenvalue weighted by Gasteiger charge is 2.39. The summed E-state index contributed by atoms with van der Waals surface area (Å²) < 4.78 is 0. The number of halogens is 1. The summed E-state index contributed by atoms with van der Waals surface area (Å²) in [5.41, 5.74) is -0.106. The van der Waals surface area contributed by atoms with Gasteiger partial charge in [-0.3, -0.25) is 14.9 Å². The van der Waals surface area contributed by atoms with E-state index in [9.17, 15) is 14.9 Å². The van der Waals surface area contributed by atoms with Crippen LogP contribution in [0.25, 0.3) is 0 Å². The molecule has 2 saturated heterocycles. The van der Waals surface area contributed by atoms with Gasteiger partial charge in [0.1, 0.15) is 5.56 Å². The third-order valence-corrected chi connectivity index (χ3v) is 4.30. The van der Waals surface area contributed by atoms with E-state index in [0.717, 1.165) is 13.1 Å². The van der Waals surface area contributed by atoms with Crippen molar-refractivity contribution < 1.29 is 9.72 Å². The van der Waals surface area contributed by atoms with Crippen molar-refractivity contribution in [1.29, 1.82) is 0 Å². The minimum absolute atomic E-state index is 0.0791. The van der Waals surface area contributed by atoms with E-state index >= 15 is 0 Å². The third-order valence-electron chi connectivity index (χ3n) is 4.06. The molecule has 2 fully saturated rings. The van der Waals surface area contributed by atoms with Gasteiger partial charge in [-0.25, -0.2) is 0 Å². The van der Waals surface area contributed by atoms with Crippen LogP contribution in [0.2, 0.25) is 5.02 Å². The fourth-order valence-corrected chi connectivity index (χ4v) is 3.20. The number of carbonyl (C=O) groups excluding carboxylic acids is 1. The molecule has 0 aliphatic carbocycles. The van der Waals surface area contributed by atoms with E-state index in [2.05, 4.69) is 5.32 Å². The van der Waals surface area contributed by atoms with Crippen LogP contribution in [0.3, 0.4) is 0 Å². The molecule has 2 heterocycles. The van der Waals surface area contributed by atoms with Gasteiger partial charge in [-0.05, 0) is 24.0 Å². The Labute approximate surface area is 120 Å². The topological polar surface area (TPSA) is 75.5 Å². The van der Waals surface area contributed by atoms with Crippen molar-refractivity contribution in [1.82, 2.24) is 10.2 Å². The molecule has 3 rings (SSSR count). The Morgan fingerprint density at radius 1 is 1.35 bits per heavy atom. The second-order valence-electron chi connectivity index (χ2n) is 5.31. The molecule has 2 aliphatic heterocycles. The molecule has 6 nitrogen and oxygen atoms in total. The van der Waals surface area contributed by atoms with Crippen LogP contribution >= 0.6 is 11.6 Å². The number of hydrogen-bond acceptors (Lipinski definition) is 4. The molecule has 1 N–H and O–H groups in total. The summed E-state index contributed by atoms with van der Waals surface area (Å²) in [6.45, 7) is 3.12. The zero-order valence-electron chi connectivity index (χ0n) is 10.7. The van der Waals surface area contributed by atoms with Gasteiger partial charge in [0.15, 0.2) is 0 Å². The van der Waals surface area contributed by atoms with Crippen molar-refractivity contribution in [2.75, 3.05) is 26.2 Å². The summed E-state index contributed by atoms with van der Waals surface area (Å²) in [6.07, 6.45) is 0. The fourth-order valence-electron chi connectivity index (χ4n) is 3.03. The summed E-state index contributed by atoms with van der Waals surface area (Å²) in [6, 6.07) is 4.10. The maximum atomic E-state index is 12.5. The lowest BCUT2D eigenvalue weighted by Crippen LogP contribution is -2.32. The lowest BCUT2D eigenvalue weighted by Gasteiger charge is -2.17. The fraction of sp³-hybridized carbons (Fsp3) is 0.462. The normalized spacial score (nSPS) is 24.8. The molecular formula is C13H14ClN3O3. The number of nitro groups is 1. The minimum Gasteiger partial charge on any atom is -0.338 e. The van der Waals surface area contributed by atoms with Gasteiger partial charge in [0.2, 0.25) is 0 Å². The molecule has 1 aromatic carbocycles. The monoisotopic (exact) mass is 295 g/mol. The number of nitrogens with zero attached hydrogens (tertiary/aromatic N) is 2. The number of hydrogen-bond donors (Lipinski definition) is 1. The van der Waals surface area contributed by atoms with Crippen molar-refractivity contribution in [3.05, 3.63) is 38.9 Å². The van der Waals surface area contributed by atoms with Gasteiger partial charge >= 0.3 is 0 Å². The molecule has 2 atom stereocenters.